The van der Waals surface area contributed by atoms with Crippen molar-refractivity contribution in [2.24, 2.45) is 0 Å². The smallest absolute Gasteiger partial charge is 0.212 e. The van der Waals surface area contributed by atoms with Gasteiger partial charge in [0, 0.05) is 0 Å². The van der Waals surface area contributed by atoms with E-state index in [1.165, 1.54) is 162 Å². The first kappa shape index (κ1) is 26.5. The van der Waals surface area contributed by atoms with E-state index < -0.39 is 21.1 Å². The van der Waals surface area contributed by atoms with Gasteiger partial charge in [-0.1, -0.05) is 30.3 Å². The van der Waals surface area contributed by atoms with E-state index in [9.17, 15) is 0 Å². The van der Waals surface area contributed by atoms with E-state index in [1.807, 2.05) is 30.3 Å². The second-order valence-corrected chi connectivity index (χ2v) is 27.5. The van der Waals surface area contributed by atoms with Gasteiger partial charge < -0.3 is 0 Å². The van der Waals surface area contributed by atoms with Crippen molar-refractivity contribution in [1.82, 2.24) is 4.31 Å². The third-order valence-corrected chi connectivity index (χ3v) is 27.1. The Bertz CT molecular complexity index is 7020. The predicted molar refractivity (Wildman–Crippen MR) is 295 cm³/mol. The molecule has 2 spiro atoms. The molecule has 3 nitrogen and oxygen atoms in total. The van der Waals surface area contributed by atoms with Crippen molar-refractivity contribution >= 4 is 301 Å². The van der Waals surface area contributed by atoms with Gasteiger partial charge in [-0.05, 0) is 319 Å². The third kappa shape index (κ3) is 1.41. The average Bonchev–Trinajstić information content (AvgIpc) is 4.23. The molecule has 0 bridgehead atoms. The van der Waals surface area contributed by atoms with E-state index in [1.54, 1.807) is 151 Å². The summed E-state index contributed by atoms with van der Waals surface area (Å²) in [6.45, 7) is 0. The lowest BCUT2D eigenvalue weighted by atomic mass is 9.68. The van der Waals surface area contributed by atoms with Crippen LogP contribution in [-0.2, 0) is 26.9 Å². The van der Waals surface area contributed by atoms with Crippen molar-refractivity contribution in [3.8, 4) is 0 Å². The Morgan fingerprint density at radius 2 is 0.394 bits per heavy atom. The molecule has 1 aliphatic heterocycles. The van der Waals surface area contributed by atoms with Gasteiger partial charge in [-0.25, -0.2) is 8.42 Å². The van der Waals surface area contributed by atoms with E-state index >= 15 is 8.42 Å². The maximum absolute atomic E-state index is 16.8. The van der Waals surface area contributed by atoms with Gasteiger partial charge in [-0.2, -0.15) is 4.31 Å². The minimum Gasteiger partial charge on any atom is -0.212 e. The van der Waals surface area contributed by atoms with E-state index in [4.69, 9.17) is 0 Å². The summed E-state index contributed by atoms with van der Waals surface area (Å²) in [4.78, 5) is 0. The van der Waals surface area contributed by atoms with Crippen molar-refractivity contribution in [1.29, 1.82) is 0 Å². The van der Waals surface area contributed by atoms with Crippen LogP contribution < -0.4 is 0 Å². The zero-order valence-electron chi connectivity index (χ0n) is 35.8. The molecular formula is C67H7NO2S. The first-order chi connectivity index (χ1) is 35.2. The molecule has 0 atom stereocenters. The largest absolute Gasteiger partial charge is 0.220 e. The molecular weight excluding hydrogens is 883 g/mol. The molecule has 1 fully saturated rings. The lowest BCUT2D eigenvalue weighted by Crippen LogP contribution is -2.27. The number of nitrogens with zero attached hydrogens (tertiary/aromatic N) is 1. The minimum absolute atomic E-state index is 0.000172. The summed E-state index contributed by atoms with van der Waals surface area (Å²) in [5.41, 5.74) is 4.65. The average molecular weight is 890 g/mol. The minimum atomic E-state index is -3.96. The Labute approximate surface area is 386 Å². The van der Waals surface area contributed by atoms with Crippen LogP contribution in [0.15, 0.2) is 30.3 Å². The number of hydrogen-bond donors (Lipinski definition) is 0. The molecule has 29 aromatic rings. The Hall–Kier alpha value is -8.41. The monoisotopic (exact) mass is 889 g/mol. The normalized spacial score (nSPS) is 23.4. The van der Waals surface area contributed by atoms with Crippen LogP contribution in [0.25, 0.3) is 291 Å². The molecule has 0 unspecified atom stereocenters. The van der Waals surface area contributed by atoms with Crippen LogP contribution in [0, 0.1) is 0 Å². The summed E-state index contributed by atoms with van der Waals surface area (Å²) in [7, 11) is -3.96. The van der Waals surface area contributed by atoms with Crippen LogP contribution in [0.2, 0.25) is 0 Å². The molecule has 0 amide bonds. The van der Waals surface area contributed by atoms with Crippen LogP contribution in [0.1, 0.15) is 27.8 Å². The highest BCUT2D eigenvalue weighted by atomic mass is 32.2. The highest BCUT2D eigenvalue weighted by Gasteiger charge is 2.89. The maximum atomic E-state index is 16.8. The molecule has 0 N–H and O–H groups in total. The van der Waals surface area contributed by atoms with E-state index in [0.29, 0.717) is 0 Å². The molecule has 4 heteroatoms. The van der Waals surface area contributed by atoms with Gasteiger partial charge in [0.25, 0.3) is 0 Å². The van der Waals surface area contributed by atoms with Gasteiger partial charge in [0.1, 0.15) is 11.1 Å². The number of rotatable bonds is 3. The van der Waals surface area contributed by atoms with Crippen molar-refractivity contribution < 1.29 is 8.42 Å². The first-order valence-corrected chi connectivity index (χ1v) is 27.6. The molecule has 0 aromatic heterocycles. The molecule has 34 rings (SSSR count). The van der Waals surface area contributed by atoms with E-state index in [-0.39, 0.29) is 5.75 Å². The summed E-state index contributed by atoms with van der Waals surface area (Å²) in [5, 5.41) is 82.6. The molecule has 1 heterocycles. The standard InChI is InChI=1S/C67H7NO2S/c69-71(70,6-7-4-2-1-3-5-7)68-66-62-54-46-36-26-18-10-8-9-12-16-14(10)22-30-24(16)34-28-20(12)21-13(9)17-15-11(8)19(18)27-33-23(15)31-25(17)35-29(21)39-38(28)48-42(34)52-44(30)50(40(46)32(22)26)58(62)60(52)64-56(48)57-49(39)43(35)53-45(31)51-41(33)47(37(27)36)55(54)63(66)59(51)61(53)65(57)67(64,66)68/h1-5H,6H2. The summed E-state index contributed by atoms with van der Waals surface area (Å²) >= 11 is 0. The Balaban J connectivity index is 1.13. The van der Waals surface area contributed by atoms with E-state index in [0.717, 1.165) is 5.56 Å². The molecule has 298 valence electrons. The summed E-state index contributed by atoms with van der Waals surface area (Å²) < 4.78 is 35.8. The van der Waals surface area contributed by atoms with Gasteiger partial charge in [0.15, 0.2) is 0 Å². The number of hydrogen-bond acceptors (Lipinski definition) is 2. The highest BCUT2D eigenvalue weighted by Crippen LogP contribution is 2.91. The summed E-state index contributed by atoms with van der Waals surface area (Å²) in [5.74, 6) is -0.000172. The van der Waals surface area contributed by atoms with Gasteiger partial charge in [-0.15, -0.1) is 0 Å². The molecule has 71 heavy (non-hydrogen) atoms. The molecule has 0 radical (unpaired) electrons. The Kier molecular flexibility index (Phi) is 2.21. The maximum Gasteiger partial charge on any atom is 0.220 e. The molecule has 4 aliphatic carbocycles. The van der Waals surface area contributed by atoms with Crippen molar-refractivity contribution in [3.63, 3.8) is 0 Å². The highest BCUT2D eigenvalue weighted by molar-refractivity contribution is 7.88. The van der Waals surface area contributed by atoms with Gasteiger partial charge in [-0.3, -0.25) is 0 Å². The summed E-state index contributed by atoms with van der Waals surface area (Å²) in [6.07, 6.45) is 0. The third-order valence-electron chi connectivity index (χ3n) is 25.3. The molecule has 29 aromatic carbocycles. The van der Waals surface area contributed by atoms with Gasteiger partial charge in [0.2, 0.25) is 10.0 Å². The van der Waals surface area contributed by atoms with E-state index in [2.05, 4.69) is 4.31 Å². The zero-order chi connectivity index (χ0) is 42.4. The van der Waals surface area contributed by atoms with Crippen molar-refractivity contribution in [2.45, 2.75) is 16.8 Å². The fourth-order valence-corrected chi connectivity index (χ4v) is 27.3. The van der Waals surface area contributed by atoms with Gasteiger partial charge >= 0.3 is 0 Å². The Morgan fingerprint density at radius 3 is 0.563 bits per heavy atom. The SMILES string of the molecule is O=S(=O)(Cc1ccccc1)N1C23c4c5c6c7c8c9c(c%10c%11c2c2c4c4c%12c5c5c6c6c8c8c%13c9c9c%10c%10c%11c%11c2c2c4c4c%12c%12c5c5c6c8c6c8c%13c9c9c%10c%10c%11c2c2c4c4c%12c5c6c5c8c9c%10c2c45)C713. The topological polar surface area (TPSA) is 37.1 Å². The molecule has 1 saturated heterocycles. The van der Waals surface area contributed by atoms with Crippen LogP contribution in [0.4, 0.5) is 0 Å². The van der Waals surface area contributed by atoms with Crippen molar-refractivity contribution in [3.05, 3.63) is 58.1 Å². The second kappa shape index (κ2) is 5.91. The van der Waals surface area contributed by atoms with Crippen LogP contribution in [0.3, 0.4) is 0 Å². The zero-order valence-corrected chi connectivity index (χ0v) is 36.6. The quantitative estimate of drug-likeness (QED) is 0.131. The first-order valence-electron chi connectivity index (χ1n) is 26.0. The molecule has 5 aliphatic rings. The lowest BCUT2D eigenvalue weighted by Gasteiger charge is -2.29. The van der Waals surface area contributed by atoms with Crippen LogP contribution >= 0.6 is 0 Å². The summed E-state index contributed by atoms with van der Waals surface area (Å²) in [6, 6.07) is 10.2. The fraction of sp³-hybridized carbons (Fsp3) is 0.0448. The van der Waals surface area contributed by atoms with Crippen molar-refractivity contribution in [2.75, 3.05) is 0 Å². The molecule has 0 saturated carbocycles. The predicted octanol–water partition coefficient (Wildman–Crippen LogP) is 17.1. The fourth-order valence-electron chi connectivity index (χ4n) is 25.2. The van der Waals surface area contributed by atoms with Crippen LogP contribution in [0.5, 0.6) is 0 Å². The lowest BCUT2D eigenvalue weighted by molar-refractivity contribution is 0.527. The van der Waals surface area contributed by atoms with Crippen LogP contribution in [-0.4, -0.2) is 12.7 Å². The second-order valence-electron chi connectivity index (χ2n) is 25.7. The number of benzene rings is 19. The van der Waals surface area contributed by atoms with Gasteiger partial charge in [0.05, 0.1) is 5.75 Å². The Morgan fingerprint density at radius 1 is 0.239 bits per heavy atom. The number of sulfonamides is 1.